The topological polar surface area (TPSA) is 27.1 Å². The van der Waals surface area contributed by atoms with Gasteiger partial charge in [-0.25, -0.2) is 0 Å². The first-order chi connectivity index (χ1) is 5.83. The zero-order valence-electron chi connectivity index (χ0n) is 7.33. The van der Waals surface area contributed by atoms with Crippen LogP contribution in [0, 0.1) is 5.41 Å². The van der Waals surface area contributed by atoms with E-state index in [0.717, 1.165) is 13.0 Å². The van der Waals surface area contributed by atoms with E-state index in [4.69, 9.17) is 5.41 Å². The number of nitrogens with one attached hydrogen (secondary N) is 1. The van der Waals surface area contributed by atoms with Crippen molar-refractivity contribution in [2.45, 2.75) is 6.42 Å². The van der Waals surface area contributed by atoms with E-state index in [1.165, 1.54) is 11.9 Å². The largest absolute Gasteiger partial charge is 0.366 e. The lowest BCUT2D eigenvalue weighted by atomic mass is 10.1. The Labute approximate surface area is 73.3 Å². The van der Waals surface area contributed by atoms with Crippen molar-refractivity contribution in [3.05, 3.63) is 35.9 Å². The molecule has 2 heteroatoms. The molecule has 0 saturated carbocycles. The lowest BCUT2D eigenvalue weighted by Gasteiger charge is -2.11. The van der Waals surface area contributed by atoms with Crippen LogP contribution in [0.1, 0.15) is 5.56 Å². The second-order valence-corrected chi connectivity index (χ2v) is 2.85. The van der Waals surface area contributed by atoms with Gasteiger partial charge >= 0.3 is 0 Å². The van der Waals surface area contributed by atoms with E-state index >= 15 is 0 Å². The highest BCUT2D eigenvalue weighted by Gasteiger charge is 1.92. The van der Waals surface area contributed by atoms with Crippen LogP contribution in [0.3, 0.4) is 0 Å². The molecule has 0 radical (unpaired) electrons. The Bertz CT molecular complexity index is 231. The van der Waals surface area contributed by atoms with E-state index in [0.29, 0.717) is 0 Å². The van der Waals surface area contributed by atoms with Crippen molar-refractivity contribution in [1.29, 1.82) is 5.41 Å². The molecule has 1 aromatic rings. The SMILES string of the molecule is CN(C=N)CCc1ccccc1. The van der Waals surface area contributed by atoms with Gasteiger partial charge in [0.2, 0.25) is 0 Å². The molecule has 12 heavy (non-hydrogen) atoms. The molecule has 0 aliphatic carbocycles. The molecule has 1 N–H and O–H groups in total. The second-order valence-electron chi connectivity index (χ2n) is 2.85. The second kappa shape index (κ2) is 4.54. The Morgan fingerprint density at radius 2 is 2.00 bits per heavy atom. The fourth-order valence-corrected chi connectivity index (χ4v) is 1.01. The van der Waals surface area contributed by atoms with E-state index in [1.807, 2.05) is 30.1 Å². The molecule has 0 heterocycles. The van der Waals surface area contributed by atoms with Crippen molar-refractivity contribution in [2.75, 3.05) is 13.6 Å². The summed E-state index contributed by atoms with van der Waals surface area (Å²) >= 11 is 0. The minimum atomic E-state index is 0.910. The smallest absolute Gasteiger partial charge is 0.0814 e. The van der Waals surface area contributed by atoms with Crippen molar-refractivity contribution in [3.63, 3.8) is 0 Å². The van der Waals surface area contributed by atoms with E-state index in [-0.39, 0.29) is 0 Å². The van der Waals surface area contributed by atoms with Crippen LogP contribution < -0.4 is 0 Å². The van der Waals surface area contributed by atoms with Crippen LogP contribution in [-0.4, -0.2) is 24.8 Å². The van der Waals surface area contributed by atoms with Gasteiger partial charge in [-0.1, -0.05) is 30.3 Å². The molecule has 0 fully saturated rings. The summed E-state index contributed by atoms with van der Waals surface area (Å²) in [5.74, 6) is 0. The summed E-state index contributed by atoms with van der Waals surface area (Å²) in [5, 5.41) is 6.98. The van der Waals surface area contributed by atoms with Gasteiger partial charge in [0.15, 0.2) is 0 Å². The van der Waals surface area contributed by atoms with Gasteiger partial charge in [0.1, 0.15) is 0 Å². The Morgan fingerprint density at radius 1 is 1.33 bits per heavy atom. The van der Waals surface area contributed by atoms with Crippen molar-refractivity contribution in [2.24, 2.45) is 0 Å². The predicted molar refractivity (Wildman–Crippen MR) is 51.6 cm³/mol. The third-order valence-electron chi connectivity index (χ3n) is 1.82. The molecule has 0 aliphatic heterocycles. The van der Waals surface area contributed by atoms with Crippen LogP contribution >= 0.6 is 0 Å². The van der Waals surface area contributed by atoms with Crippen LogP contribution in [0.25, 0.3) is 0 Å². The average molecular weight is 162 g/mol. The molecule has 0 spiro atoms. The first-order valence-corrected chi connectivity index (χ1v) is 4.07. The molecule has 64 valence electrons. The molecular formula is C10H14N2. The third-order valence-corrected chi connectivity index (χ3v) is 1.82. The molecule has 0 bridgehead atoms. The summed E-state index contributed by atoms with van der Waals surface area (Å²) < 4.78 is 0. The molecule has 1 aromatic carbocycles. The maximum atomic E-state index is 6.98. The van der Waals surface area contributed by atoms with Crippen LogP contribution in [0.5, 0.6) is 0 Å². The van der Waals surface area contributed by atoms with Crippen molar-refractivity contribution < 1.29 is 0 Å². The minimum Gasteiger partial charge on any atom is -0.366 e. The number of nitrogens with zero attached hydrogens (tertiary/aromatic N) is 1. The summed E-state index contributed by atoms with van der Waals surface area (Å²) in [5.41, 5.74) is 1.33. The van der Waals surface area contributed by atoms with E-state index in [9.17, 15) is 0 Å². The first-order valence-electron chi connectivity index (χ1n) is 4.07. The lowest BCUT2D eigenvalue weighted by Crippen LogP contribution is -2.18. The van der Waals surface area contributed by atoms with Crippen LogP contribution in [0.4, 0.5) is 0 Å². The summed E-state index contributed by atoms with van der Waals surface area (Å²) in [6.07, 6.45) is 2.36. The Kier molecular flexibility index (Phi) is 3.33. The highest BCUT2D eigenvalue weighted by Crippen LogP contribution is 1.99. The zero-order valence-corrected chi connectivity index (χ0v) is 7.33. The quantitative estimate of drug-likeness (QED) is 0.530. The van der Waals surface area contributed by atoms with Gasteiger partial charge in [-0.05, 0) is 12.0 Å². The van der Waals surface area contributed by atoms with Gasteiger partial charge in [0.25, 0.3) is 0 Å². The fraction of sp³-hybridized carbons (Fsp3) is 0.300. The van der Waals surface area contributed by atoms with E-state index in [1.54, 1.807) is 0 Å². The third kappa shape index (κ3) is 2.74. The summed E-state index contributed by atoms with van der Waals surface area (Å²) in [6.45, 7) is 0.910. The standard InChI is InChI=1S/C10H14N2/c1-12(9-11)8-7-10-5-3-2-4-6-10/h2-6,9,11H,7-8H2,1H3. The van der Waals surface area contributed by atoms with Gasteiger partial charge in [0, 0.05) is 13.6 Å². The van der Waals surface area contributed by atoms with Gasteiger partial charge in [-0.2, -0.15) is 0 Å². The van der Waals surface area contributed by atoms with Gasteiger partial charge in [-0.3, -0.25) is 5.41 Å². The minimum absolute atomic E-state index is 0.910. The summed E-state index contributed by atoms with van der Waals surface area (Å²) in [4.78, 5) is 1.87. The number of hydrogen-bond acceptors (Lipinski definition) is 1. The van der Waals surface area contributed by atoms with Crippen molar-refractivity contribution >= 4 is 6.34 Å². The Hall–Kier alpha value is -1.31. The van der Waals surface area contributed by atoms with Crippen molar-refractivity contribution in [3.8, 4) is 0 Å². The van der Waals surface area contributed by atoms with Crippen LogP contribution in [0.2, 0.25) is 0 Å². The summed E-state index contributed by atoms with van der Waals surface area (Å²) in [7, 11) is 1.91. The lowest BCUT2D eigenvalue weighted by molar-refractivity contribution is 0.520. The maximum absolute atomic E-state index is 6.98. The molecule has 0 aromatic heterocycles. The Morgan fingerprint density at radius 3 is 2.58 bits per heavy atom. The van der Waals surface area contributed by atoms with Crippen LogP contribution in [-0.2, 0) is 6.42 Å². The van der Waals surface area contributed by atoms with Gasteiger partial charge in [-0.15, -0.1) is 0 Å². The number of hydrogen-bond donors (Lipinski definition) is 1. The van der Waals surface area contributed by atoms with E-state index < -0.39 is 0 Å². The number of rotatable bonds is 4. The van der Waals surface area contributed by atoms with Gasteiger partial charge < -0.3 is 4.90 Å². The zero-order chi connectivity index (χ0) is 8.81. The average Bonchev–Trinajstić information content (AvgIpc) is 2.16. The molecule has 0 aliphatic rings. The first kappa shape index (κ1) is 8.78. The summed E-state index contributed by atoms with van der Waals surface area (Å²) in [6, 6.07) is 10.3. The Balaban J connectivity index is 2.38. The van der Waals surface area contributed by atoms with Crippen LogP contribution in [0.15, 0.2) is 30.3 Å². The molecule has 0 amide bonds. The monoisotopic (exact) mass is 162 g/mol. The molecule has 2 nitrogen and oxygen atoms in total. The number of likely N-dealkylation sites (N-methyl/N-ethyl adjacent to an activating group) is 1. The maximum Gasteiger partial charge on any atom is 0.0814 e. The van der Waals surface area contributed by atoms with Crippen molar-refractivity contribution in [1.82, 2.24) is 4.90 Å². The molecule has 0 atom stereocenters. The fourth-order valence-electron chi connectivity index (χ4n) is 1.01. The van der Waals surface area contributed by atoms with E-state index in [2.05, 4.69) is 12.1 Å². The van der Waals surface area contributed by atoms with Gasteiger partial charge in [0.05, 0.1) is 6.34 Å². The highest BCUT2D eigenvalue weighted by molar-refractivity contribution is 5.49. The molecule has 0 saturated heterocycles. The number of benzene rings is 1. The molecular weight excluding hydrogens is 148 g/mol. The predicted octanol–water partition coefficient (Wildman–Crippen LogP) is 1.77. The normalized spacial score (nSPS) is 9.42. The molecule has 1 rings (SSSR count). The highest BCUT2D eigenvalue weighted by atomic mass is 15.1. The molecule has 0 unspecified atom stereocenters.